The summed E-state index contributed by atoms with van der Waals surface area (Å²) in [6.45, 7) is 5.54. The first-order valence-corrected chi connectivity index (χ1v) is 4.04. The third-order valence-electron chi connectivity index (χ3n) is 1.69. The molecule has 0 radical (unpaired) electrons. The molecule has 3 heteroatoms. The predicted molar refractivity (Wildman–Crippen MR) is 42.8 cm³/mol. The topological polar surface area (TPSA) is 40.1 Å². The maximum Gasteiger partial charge on any atom is 1.00 e. The number of hydrogen-bond acceptors (Lipinski definition) is 2. The molecule has 0 heterocycles. The Morgan fingerprint density at radius 3 is 2.58 bits per heavy atom. The van der Waals surface area contributed by atoms with Crippen molar-refractivity contribution < 1.29 is 61.3 Å². The summed E-state index contributed by atoms with van der Waals surface area (Å²) in [5.41, 5.74) is 0. The van der Waals surface area contributed by atoms with Gasteiger partial charge in [-0.15, -0.1) is 6.58 Å². The fourth-order valence-corrected chi connectivity index (χ4v) is 0.984. The standard InChI is InChI=1S/C9H16O2.K/c1-3-5-7-8(6-4-2)9(10)11;/h4,8H,2-3,5-7H2,1H3,(H,10,11);/q;+1/p-1. The van der Waals surface area contributed by atoms with Gasteiger partial charge in [-0.05, 0) is 12.8 Å². The maximum atomic E-state index is 10.4. The number of aliphatic carboxylic acids is 1. The third-order valence-corrected chi connectivity index (χ3v) is 1.69. The second-order valence-electron chi connectivity index (χ2n) is 2.68. The van der Waals surface area contributed by atoms with E-state index in [2.05, 4.69) is 6.58 Å². The van der Waals surface area contributed by atoms with E-state index in [1.165, 1.54) is 0 Å². The van der Waals surface area contributed by atoms with Gasteiger partial charge >= 0.3 is 51.4 Å². The first kappa shape index (κ1) is 15.3. The Kier molecular flexibility index (Phi) is 12.7. The summed E-state index contributed by atoms with van der Waals surface area (Å²) in [6, 6.07) is 0. The number of rotatable bonds is 6. The molecule has 0 aromatic rings. The van der Waals surface area contributed by atoms with E-state index in [1.54, 1.807) is 6.08 Å². The van der Waals surface area contributed by atoms with Crippen LogP contribution in [0.1, 0.15) is 32.6 Å². The van der Waals surface area contributed by atoms with Crippen molar-refractivity contribution in [1.82, 2.24) is 0 Å². The quantitative estimate of drug-likeness (QED) is 0.367. The third kappa shape index (κ3) is 7.49. The fraction of sp³-hybridized carbons (Fsp3) is 0.667. The molecule has 0 aliphatic heterocycles. The summed E-state index contributed by atoms with van der Waals surface area (Å²) in [5.74, 6) is -1.27. The Hall–Kier alpha value is 0.846. The Morgan fingerprint density at radius 1 is 1.67 bits per heavy atom. The minimum atomic E-state index is -0.946. The van der Waals surface area contributed by atoms with Crippen LogP contribution in [0.25, 0.3) is 0 Å². The van der Waals surface area contributed by atoms with Gasteiger partial charge in [0.25, 0.3) is 0 Å². The Morgan fingerprint density at radius 2 is 2.25 bits per heavy atom. The molecule has 0 fully saturated rings. The van der Waals surface area contributed by atoms with E-state index in [0.29, 0.717) is 12.8 Å². The van der Waals surface area contributed by atoms with Crippen molar-refractivity contribution in [2.24, 2.45) is 5.92 Å². The van der Waals surface area contributed by atoms with E-state index in [9.17, 15) is 9.90 Å². The molecular formula is C9H15KO2. The minimum Gasteiger partial charge on any atom is -0.550 e. The van der Waals surface area contributed by atoms with Gasteiger partial charge in [0.15, 0.2) is 0 Å². The second kappa shape index (κ2) is 9.93. The molecule has 1 atom stereocenters. The van der Waals surface area contributed by atoms with Crippen molar-refractivity contribution in [2.45, 2.75) is 32.6 Å². The van der Waals surface area contributed by atoms with Gasteiger partial charge in [0.2, 0.25) is 0 Å². The van der Waals surface area contributed by atoms with E-state index in [-0.39, 0.29) is 57.3 Å². The van der Waals surface area contributed by atoms with Crippen LogP contribution in [0.4, 0.5) is 0 Å². The van der Waals surface area contributed by atoms with Crippen molar-refractivity contribution in [2.75, 3.05) is 0 Å². The van der Waals surface area contributed by atoms with Crippen LogP contribution in [0.15, 0.2) is 12.7 Å². The molecule has 0 bridgehead atoms. The molecular weight excluding hydrogens is 179 g/mol. The number of hydrogen-bond donors (Lipinski definition) is 0. The smallest absolute Gasteiger partial charge is 0.550 e. The van der Waals surface area contributed by atoms with Crippen LogP contribution in [0.5, 0.6) is 0 Å². The number of carboxylic acids is 1. The van der Waals surface area contributed by atoms with Crippen LogP contribution in [0, 0.1) is 5.92 Å². The van der Waals surface area contributed by atoms with E-state index < -0.39 is 5.97 Å². The number of carbonyl (C=O) groups is 1. The monoisotopic (exact) mass is 194 g/mol. The van der Waals surface area contributed by atoms with Crippen molar-refractivity contribution in [3.63, 3.8) is 0 Å². The molecule has 12 heavy (non-hydrogen) atoms. The van der Waals surface area contributed by atoms with Crippen molar-refractivity contribution in [3.8, 4) is 0 Å². The molecule has 0 aliphatic carbocycles. The van der Waals surface area contributed by atoms with Gasteiger partial charge in [0.1, 0.15) is 0 Å². The molecule has 0 aromatic carbocycles. The van der Waals surface area contributed by atoms with Gasteiger partial charge in [0.05, 0.1) is 0 Å². The number of carbonyl (C=O) groups excluding carboxylic acids is 1. The summed E-state index contributed by atoms with van der Waals surface area (Å²) < 4.78 is 0. The molecule has 0 saturated heterocycles. The normalized spacial score (nSPS) is 11.4. The summed E-state index contributed by atoms with van der Waals surface area (Å²) in [5, 5.41) is 10.4. The molecule has 0 N–H and O–H groups in total. The zero-order valence-corrected chi connectivity index (χ0v) is 11.1. The zero-order valence-electron chi connectivity index (χ0n) is 8.01. The first-order chi connectivity index (χ1) is 5.22. The number of unbranched alkanes of at least 4 members (excludes halogenated alkanes) is 1. The molecule has 2 nitrogen and oxygen atoms in total. The Balaban J connectivity index is 0. The summed E-state index contributed by atoms with van der Waals surface area (Å²) in [6.07, 6.45) is 4.86. The predicted octanol–water partition coefficient (Wildman–Crippen LogP) is -1.88. The summed E-state index contributed by atoms with van der Waals surface area (Å²) in [7, 11) is 0. The Labute approximate surface area is 117 Å². The maximum absolute atomic E-state index is 10.4. The molecule has 0 amide bonds. The fourth-order valence-electron chi connectivity index (χ4n) is 0.984. The van der Waals surface area contributed by atoms with Gasteiger partial charge in [-0.2, -0.15) is 0 Å². The van der Waals surface area contributed by atoms with Crippen LogP contribution >= 0.6 is 0 Å². The number of carboxylic acid groups (broad SMARTS) is 1. The van der Waals surface area contributed by atoms with Crippen LogP contribution in [-0.2, 0) is 4.79 Å². The SMILES string of the molecule is C=CCC(CCCC)C(=O)[O-].[K+]. The molecule has 0 aliphatic rings. The van der Waals surface area contributed by atoms with Crippen LogP contribution in [0.2, 0.25) is 0 Å². The second-order valence-corrected chi connectivity index (χ2v) is 2.68. The summed E-state index contributed by atoms with van der Waals surface area (Å²) >= 11 is 0. The van der Waals surface area contributed by atoms with Crippen molar-refractivity contribution >= 4 is 5.97 Å². The van der Waals surface area contributed by atoms with Crippen LogP contribution in [0.3, 0.4) is 0 Å². The van der Waals surface area contributed by atoms with E-state index in [1.807, 2.05) is 6.92 Å². The summed E-state index contributed by atoms with van der Waals surface area (Å²) in [4.78, 5) is 10.4. The van der Waals surface area contributed by atoms with E-state index in [4.69, 9.17) is 0 Å². The van der Waals surface area contributed by atoms with Gasteiger partial charge in [0, 0.05) is 11.9 Å². The molecule has 0 spiro atoms. The van der Waals surface area contributed by atoms with Gasteiger partial charge < -0.3 is 9.90 Å². The van der Waals surface area contributed by atoms with Crippen molar-refractivity contribution in [3.05, 3.63) is 12.7 Å². The van der Waals surface area contributed by atoms with Crippen LogP contribution < -0.4 is 56.5 Å². The van der Waals surface area contributed by atoms with E-state index >= 15 is 0 Å². The van der Waals surface area contributed by atoms with Gasteiger partial charge in [-0.25, -0.2) is 0 Å². The molecule has 1 unspecified atom stereocenters. The molecule has 0 saturated carbocycles. The molecule has 0 aromatic heterocycles. The van der Waals surface area contributed by atoms with Crippen LogP contribution in [-0.4, -0.2) is 5.97 Å². The van der Waals surface area contributed by atoms with Gasteiger partial charge in [-0.1, -0.05) is 25.8 Å². The first-order valence-electron chi connectivity index (χ1n) is 4.04. The Bertz CT molecular complexity index is 134. The van der Waals surface area contributed by atoms with E-state index in [0.717, 1.165) is 12.8 Å². The average Bonchev–Trinajstić information content (AvgIpc) is 1.97. The minimum absolute atomic E-state index is 0. The number of allylic oxidation sites excluding steroid dienone is 1. The molecule has 64 valence electrons. The van der Waals surface area contributed by atoms with Gasteiger partial charge in [-0.3, -0.25) is 0 Å². The van der Waals surface area contributed by atoms with Crippen molar-refractivity contribution in [1.29, 1.82) is 0 Å². The average molecular weight is 194 g/mol. The zero-order chi connectivity index (χ0) is 8.69. The molecule has 0 rings (SSSR count). The largest absolute Gasteiger partial charge is 1.00 e.